The third-order valence-corrected chi connectivity index (χ3v) is 3.90. The van der Waals surface area contributed by atoms with Gasteiger partial charge in [0, 0.05) is 24.7 Å². The van der Waals surface area contributed by atoms with E-state index in [0.29, 0.717) is 5.54 Å². The van der Waals surface area contributed by atoms with E-state index in [1.807, 2.05) is 0 Å². The van der Waals surface area contributed by atoms with Crippen LogP contribution in [-0.2, 0) is 0 Å². The van der Waals surface area contributed by atoms with E-state index in [0.717, 1.165) is 6.04 Å². The minimum absolute atomic E-state index is 0.399. The van der Waals surface area contributed by atoms with Crippen molar-refractivity contribution in [3.63, 3.8) is 0 Å². The Morgan fingerprint density at radius 2 is 1.80 bits per heavy atom. The first-order valence-corrected chi connectivity index (χ1v) is 6.58. The van der Waals surface area contributed by atoms with Crippen LogP contribution in [0.15, 0.2) is 0 Å². The smallest absolute Gasteiger partial charge is 0.0150 e. The number of rotatable bonds is 5. The highest BCUT2D eigenvalue weighted by Gasteiger charge is 2.28. The Balaban J connectivity index is 2.29. The summed E-state index contributed by atoms with van der Waals surface area (Å²) < 4.78 is 0. The van der Waals surface area contributed by atoms with Crippen molar-refractivity contribution < 1.29 is 0 Å². The van der Waals surface area contributed by atoms with Gasteiger partial charge in [0.2, 0.25) is 0 Å². The van der Waals surface area contributed by atoms with Crippen molar-refractivity contribution >= 4 is 0 Å². The van der Waals surface area contributed by atoms with Crippen molar-refractivity contribution in [1.82, 2.24) is 10.2 Å². The number of piperidine rings is 1. The topological polar surface area (TPSA) is 15.3 Å². The molecule has 0 spiro atoms. The van der Waals surface area contributed by atoms with Crippen LogP contribution in [0.4, 0.5) is 0 Å². The second-order valence-electron chi connectivity index (χ2n) is 5.38. The van der Waals surface area contributed by atoms with E-state index in [1.165, 1.54) is 45.3 Å². The molecular weight excluding hydrogens is 184 g/mol. The van der Waals surface area contributed by atoms with Crippen LogP contribution in [0.25, 0.3) is 0 Å². The van der Waals surface area contributed by atoms with Crippen molar-refractivity contribution in [2.75, 3.05) is 19.6 Å². The van der Waals surface area contributed by atoms with Gasteiger partial charge in [0.05, 0.1) is 0 Å². The first-order chi connectivity index (χ1) is 7.10. The SMILES string of the molecule is CCCNC1CCN(C(C)(C)CC)CC1. The summed E-state index contributed by atoms with van der Waals surface area (Å²) >= 11 is 0. The summed E-state index contributed by atoms with van der Waals surface area (Å²) in [6.07, 6.45) is 5.15. The predicted molar refractivity (Wildman–Crippen MR) is 67.3 cm³/mol. The monoisotopic (exact) mass is 212 g/mol. The Kier molecular flexibility index (Phi) is 5.07. The van der Waals surface area contributed by atoms with Gasteiger partial charge in [0.1, 0.15) is 0 Å². The highest BCUT2D eigenvalue weighted by Crippen LogP contribution is 2.23. The molecule has 0 aromatic rings. The summed E-state index contributed by atoms with van der Waals surface area (Å²) in [5.74, 6) is 0. The average molecular weight is 212 g/mol. The molecule has 0 amide bonds. The zero-order valence-electron chi connectivity index (χ0n) is 11.0. The largest absolute Gasteiger partial charge is 0.314 e. The molecule has 0 bridgehead atoms. The van der Waals surface area contributed by atoms with Gasteiger partial charge in [-0.1, -0.05) is 13.8 Å². The number of likely N-dealkylation sites (tertiary alicyclic amines) is 1. The molecule has 0 aromatic heterocycles. The maximum atomic E-state index is 3.63. The lowest BCUT2D eigenvalue weighted by molar-refractivity contribution is 0.0799. The fraction of sp³-hybridized carbons (Fsp3) is 1.00. The summed E-state index contributed by atoms with van der Waals surface area (Å²) in [4.78, 5) is 2.65. The highest BCUT2D eigenvalue weighted by atomic mass is 15.2. The zero-order chi connectivity index (χ0) is 11.3. The van der Waals surface area contributed by atoms with Crippen LogP contribution in [-0.4, -0.2) is 36.1 Å². The van der Waals surface area contributed by atoms with Crippen LogP contribution in [0.3, 0.4) is 0 Å². The van der Waals surface area contributed by atoms with Crippen LogP contribution in [0.1, 0.15) is 53.4 Å². The van der Waals surface area contributed by atoms with E-state index >= 15 is 0 Å². The molecule has 1 saturated heterocycles. The Morgan fingerprint density at radius 1 is 1.20 bits per heavy atom. The van der Waals surface area contributed by atoms with Gasteiger partial charge in [-0.2, -0.15) is 0 Å². The minimum atomic E-state index is 0.399. The summed E-state index contributed by atoms with van der Waals surface area (Å²) in [7, 11) is 0. The van der Waals surface area contributed by atoms with Gasteiger partial charge in [0.15, 0.2) is 0 Å². The van der Waals surface area contributed by atoms with E-state index in [4.69, 9.17) is 0 Å². The Bertz CT molecular complexity index is 169. The maximum absolute atomic E-state index is 3.63. The lowest BCUT2D eigenvalue weighted by Crippen LogP contribution is -2.51. The number of nitrogens with zero attached hydrogens (tertiary/aromatic N) is 1. The normalized spacial score (nSPS) is 20.8. The minimum Gasteiger partial charge on any atom is -0.314 e. The van der Waals surface area contributed by atoms with Gasteiger partial charge in [-0.05, 0) is 46.1 Å². The molecule has 2 heteroatoms. The number of hydrogen-bond acceptors (Lipinski definition) is 2. The number of nitrogens with one attached hydrogen (secondary N) is 1. The van der Waals surface area contributed by atoms with E-state index in [1.54, 1.807) is 0 Å². The van der Waals surface area contributed by atoms with Crippen LogP contribution in [0, 0.1) is 0 Å². The van der Waals surface area contributed by atoms with E-state index in [2.05, 4.69) is 37.9 Å². The third-order valence-electron chi connectivity index (χ3n) is 3.90. The molecule has 0 radical (unpaired) electrons. The van der Waals surface area contributed by atoms with Crippen molar-refractivity contribution in [2.24, 2.45) is 0 Å². The maximum Gasteiger partial charge on any atom is 0.0150 e. The summed E-state index contributed by atoms with van der Waals surface area (Å²) in [5, 5.41) is 3.63. The molecule has 1 rings (SSSR count). The molecule has 1 aliphatic heterocycles. The van der Waals surface area contributed by atoms with Crippen LogP contribution in [0.2, 0.25) is 0 Å². The first kappa shape index (κ1) is 13.0. The fourth-order valence-electron chi connectivity index (χ4n) is 2.26. The molecule has 1 N–H and O–H groups in total. The molecule has 2 nitrogen and oxygen atoms in total. The van der Waals surface area contributed by atoms with E-state index < -0.39 is 0 Å². The summed E-state index contributed by atoms with van der Waals surface area (Å²) in [6, 6.07) is 0.772. The zero-order valence-corrected chi connectivity index (χ0v) is 11.0. The van der Waals surface area contributed by atoms with Crippen molar-refractivity contribution in [3.8, 4) is 0 Å². The van der Waals surface area contributed by atoms with Crippen LogP contribution < -0.4 is 5.32 Å². The van der Waals surface area contributed by atoms with Gasteiger partial charge < -0.3 is 5.32 Å². The van der Waals surface area contributed by atoms with Crippen molar-refractivity contribution in [3.05, 3.63) is 0 Å². The predicted octanol–water partition coefficient (Wildman–Crippen LogP) is 2.64. The van der Waals surface area contributed by atoms with E-state index in [-0.39, 0.29) is 0 Å². The summed E-state index contributed by atoms with van der Waals surface area (Å²) in [5.41, 5.74) is 0.399. The Labute approximate surface area is 95.4 Å². The Hall–Kier alpha value is -0.0800. The second-order valence-corrected chi connectivity index (χ2v) is 5.38. The summed E-state index contributed by atoms with van der Waals surface area (Å²) in [6.45, 7) is 13.0. The highest BCUT2D eigenvalue weighted by molar-refractivity contribution is 4.86. The second kappa shape index (κ2) is 5.86. The first-order valence-electron chi connectivity index (χ1n) is 6.58. The average Bonchev–Trinajstić information content (AvgIpc) is 2.27. The van der Waals surface area contributed by atoms with Gasteiger partial charge in [0.25, 0.3) is 0 Å². The van der Waals surface area contributed by atoms with Crippen molar-refractivity contribution in [1.29, 1.82) is 0 Å². The molecule has 15 heavy (non-hydrogen) atoms. The fourth-order valence-corrected chi connectivity index (χ4v) is 2.26. The van der Waals surface area contributed by atoms with E-state index in [9.17, 15) is 0 Å². The van der Waals surface area contributed by atoms with Gasteiger partial charge in [-0.25, -0.2) is 0 Å². The lowest BCUT2D eigenvalue weighted by Gasteiger charge is -2.42. The molecule has 0 atom stereocenters. The lowest BCUT2D eigenvalue weighted by atomic mass is 9.94. The standard InChI is InChI=1S/C13H28N2/c1-5-9-14-12-7-10-15(11-8-12)13(3,4)6-2/h12,14H,5-11H2,1-4H3. The van der Waals surface area contributed by atoms with Gasteiger partial charge >= 0.3 is 0 Å². The molecule has 0 aromatic carbocycles. The third kappa shape index (κ3) is 3.76. The van der Waals surface area contributed by atoms with Crippen LogP contribution in [0.5, 0.6) is 0 Å². The molecule has 1 heterocycles. The molecule has 1 fully saturated rings. The molecule has 90 valence electrons. The number of hydrogen-bond donors (Lipinski definition) is 1. The quantitative estimate of drug-likeness (QED) is 0.753. The Morgan fingerprint density at radius 3 is 2.27 bits per heavy atom. The van der Waals surface area contributed by atoms with Crippen molar-refractivity contribution in [2.45, 2.75) is 65.0 Å². The molecule has 0 saturated carbocycles. The molecule has 1 aliphatic rings. The van der Waals surface area contributed by atoms with Gasteiger partial charge in [-0.15, -0.1) is 0 Å². The van der Waals surface area contributed by atoms with Gasteiger partial charge in [-0.3, -0.25) is 4.90 Å². The molecule has 0 aliphatic carbocycles. The molecule has 0 unspecified atom stereocenters. The van der Waals surface area contributed by atoms with Crippen LogP contribution >= 0.6 is 0 Å². The molecular formula is C13H28N2.